The van der Waals surface area contributed by atoms with E-state index in [1.54, 1.807) is 0 Å². The van der Waals surface area contributed by atoms with Crippen LogP contribution in [0.1, 0.15) is 37.2 Å². The molecule has 7 nitrogen and oxygen atoms in total. The summed E-state index contributed by atoms with van der Waals surface area (Å²) in [5, 5.41) is 4.52. The van der Waals surface area contributed by atoms with Crippen molar-refractivity contribution >= 4 is 34.1 Å². The van der Waals surface area contributed by atoms with Crippen LogP contribution in [0.5, 0.6) is 0 Å². The Morgan fingerprint density at radius 2 is 1.79 bits per heavy atom. The predicted molar refractivity (Wildman–Crippen MR) is 126 cm³/mol. The van der Waals surface area contributed by atoms with Gasteiger partial charge < -0.3 is 20.4 Å². The van der Waals surface area contributed by atoms with E-state index in [2.05, 4.69) is 5.32 Å². The van der Waals surface area contributed by atoms with E-state index in [0.29, 0.717) is 25.7 Å². The zero-order valence-corrected chi connectivity index (χ0v) is 19.3. The van der Waals surface area contributed by atoms with Crippen LogP contribution in [-0.2, 0) is 6.18 Å². The average molecular weight is 476 g/mol. The van der Waals surface area contributed by atoms with E-state index in [9.17, 15) is 18.0 Å². The fourth-order valence-corrected chi connectivity index (χ4v) is 4.67. The highest BCUT2D eigenvalue weighted by atomic mass is 19.4. The summed E-state index contributed by atoms with van der Waals surface area (Å²) in [6, 6.07) is 9.82. The van der Waals surface area contributed by atoms with E-state index < -0.39 is 24.0 Å². The first kappa shape index (κ1) is 23.7. The molecule has 0 atom stereocenters. The molecule has 0 unspecified atom stereocenters. The molecule has 1 saturated carbocycles. The van der Waals surface area contributed by atoms with Crippen molar-refractivity contribution in [2.24, 2.45) is 5.73 Å². The Balaban J connectivity index is 1.51. The lowest BCUT2D eigenvalue weighted by molar-refractivity contribution is -0.152. The van der Waals surface area contributed by atoms with Gasteiger partial charge >= 0.3 is 12.2 Å². The third-order valence-corrected chi connectivity index (χ3v) is 6.18. The van der Waals surface area contributed by atoms with Gasteiger partial charge in [-0.05, 0) is 38.7 Å². The van der Waals surface area contributed by atoms with Crippen molar-refractivity contribution in [1.82, 2.24) is 4.98 Å². The smallest absolute Gasteiger partial charge is 0.451 e. The maximum Gasteiger partial charge on any atom is 0.451 e. The molecule has 3 N–H and O–H groups in total. The summed E-state index contributed by atoms with van der Waals surface area (Å²) >= 11 is 0. The summed E-state index contributed by atoms with van der Waals surface area (Å²) < 4.78 is 45.3. The van der Waals surface area contributed by atoms with Gasteiger partial charge in [0.2, 0.25) is 5.76 Å². The largest absolute Gasteiger partial charge is 0.455 e. The lowest BCUT2D eigenvalue weighted by atomic mass is 9.90. The van der Waals surface area contributed by atoms with Gasteiger partial charge in [0.25, 0.3) is 0 Å². The molecule has 2 amide bonds. The van der Waals surface area contributed by atoms with Crippen LogP contribution in [0.25, 0.3) is 10.9 Å². The molecule has 1 aliphatic rings. The van der Waals surface area contributed by atoms with Crippen molar-refractivity contribution in [3.63, 3.8) is 0 Å². The Morgan fingerprint density at radius 1 is 1.12 bits per heavy atom. The first-order valence-corrected chi connectivity index (χ1v) is 11.1. The molecule has 34 heavy (non-hydrogen) atoms. The lowest BCUT2D eigenvalue weighted by Crippen LogP contribution is -2.47. The summed E-state index contributed by atoms with van der Waals surface area (Å²) in [4.78, 5) is 20.0. The van der Waals surface area contributed by atoms with Gasteiger partial charge in [-0.1, -0.05) is 18.2 Å². The van der Waals surface area contributed by atoms with Crippen molar-refractivity contribution < 1.29 is 22.4 Å². The Hall–Kier alpha value is -3.43. The first-order chi connectivity index (χ1) is 16.0. The molecule has 1 aromatic carbocycles. The van der Waals surface area contributed by atoms with Gasteiger partial charge in [0, 0.05) is 49.4 Å². The predicted octanol–water partition coefficient (Wildman–Crippen LogP) is 5.53. The molecule has 10 heteroatoms. The number of amides is 2. The van der Waals surface area contributed by atoms with Crippen molar-refractivity contribution in [3.8, 4) is 0 Å². The quantitative estimate of drug-likeness (QED) is 0.507. The fraction of sp³-hybridized carbons (Fsp3) is 0.417. The molecule has 4 rings (SSSR count). The molecule has 2 aromatic heterocycles. The third-order valence-electron chi connectivity index (χ3n) is 6.18. The standard InChI is InChI=1S/C24H28F3N5O2/c1-14-12-20(22(34-14)24(25,26)27)32(23(28)33)16-10-8-15(9-11-16)29-21-13-19(31(2)3)17-6-4-5-7-18(17)30-21/h4-7,12-13,15-16H,8-11H2,1-3H3,(H2,28,33)(H,29,30). The van der Waals surface area contributed by atoms with Crippen LogP contribution in [0.3, 0.4) is 0 Å². The minimum atomic E-state index is -4.72. The number of hydrogen-bond acceptors (Lipinski definition) is 5. The molecule has 1 fully saturated rings. The molecular weight excluding hydrogens is 447 g/mol. The average Bonchev–Trinajstić information content (AvgIpc) is 3.16. The SMILES string of the molecule is Cc1cc(N(C(N)=O)C2CCC(Nc3cc(N(C)C)c4ccccc4n3)CC2)c(C(F)(F)F)o1. The second-order valence-corrected chi connectivity index (χ2v) is 8.87. The summed E-state index contributed by atoms with van der Waals surface area (Å²) in [6.07, 6.45) is -2.43. The summed E-state index contributed by atoms with van der Waals surface area (Å²) in [5.74, 6) is -0.383. The molecule has 1 aliphatic carbocycles. The number of nitrogens with zero attached hydrogens (tertiary/aromatic N) is 3. The van der Waals surface area contributed by atoms with Gasteiger partial charge in [-0.2, -0.15) is 13.2 Å². The zero-order chi connectivity index (χ0) is 24.6. The number of nitrogens with two attached hydrogens (primary N) is 1. The van der Waals surface area contributed by atoms with E-state index in [1.807, 2.05) is 49.3 Å². The number of benzene rings is 1. The van der Waals surface area contributed by atoms with Crippen molar-refractivity contribution in [1.29, 1.82) is 0 Å². The molecular formula is C24H28F3N5O2. The minimum Gasteiger partial charge on any atom is -0.455 e. The monoisotopic (exact) mass is 475 g/mol. The topological polar surface area (TPSA) is 87.6 Å². The molecule has 182 valence electrons. The number of fused-ring (bicyclic) bond motifs is 1. The Bertz CT molecular complexity index is 1180. The molecule has 3 aromatic rings. The number of alkyl halides is 3. The molecule has 0 aliphatic heterocycles. The molecule has 2 heterocycles. The van der Waals surface area contributed by atoms with Gasteiger partial charge in [0.05, 0.1) is 11.2 Å². The van der Waals surface area contributed by atoms with E-state index in [-0.39, 0.29) is 17.5 Å². The van der Waals surface area contributed by atoms with Gasteiger partial charge in [-0.15, -0.1) is 0 Å². The number of aryl methyl sites for hydroxylation is 1. The Labute approximate surface area is 195 Å². The van der Waals surface area contributed by atoms with Gasteiger partial charge in [0.1, 0.15) is 11.6 Å². The third kappa shape index (κ3) is 4.76. The van der Waals surface area contributed by atoms with Gasteiger partial charge in [-0.3, -0.25) is 4.90 Å². The number of urea groups is 1. The number of anilines is 3. The molecule has 0 saturated heterocycles. The second kappa shape index (κ2) is 9.08. The summed E-state index contributed by atoms with van der Waals surface area (Å²) in [5.41, 5.74) is 7.12. The molecule has 0 spiro atoms. The van der Waals surface area contributed by atoms with Gasteiger partial charge in [0.15, 0.2) is 0 Å². The van der Waals surface area contributed by atoms with Crippen LogP contribution in [0.4, 0.5) is 35.2 Å². The highest BCUT2D eigenvalue weighted by Gasteiger charge is 2.42. The molecule has 0 radical (unpaired) electrons. The van der Waals surface area contributed by atoms with Crippen LogP contribution >= 0.6 is 0 Å². The number of carbonyl (C=O) groups excluding carboxylic acids is 1. The first-order valence-electron chi connectivity index (χ1n) is 11.1. The highest BCUT2D eigenvalue weighted by molar-refractivity contribution is 5.93. The number of primary amides is 1. The van der Waals surface area contributed by atoms with Crippen LogP contribution in [-0.4, -0.2) is 37.2 Å². The number of hydrogen-bond donors (Lipinski definition) is 2. The number of halogens is 3. The maximum atomic E-state index is 13.5. The normalized spacial score (nSPS) is 18.6. The number of aromatic nitrogens is 1. The number of para-hydroxylation sites is 1. The summed E-state index contributed by atoms with van der Waals surface area (Å²) in [7, 11) is 3.95. The Morgan fingerprint density at radius 3 is 2.41 bits per heavy atom. The fourth-order valence-electron chi connectivity index (χ4n) is 4.67. The maximum absolute atomic E-state index is 13.5. The van der Waals surface area contributed by atoms with Crippen LogP contribution in [0.2, 0.25) is 0 Å². The number of rotatable bonds is 5. The van der Waals surface area contributed by atoms with Crippen molar-refractivity contribution in [3.05, 3.63) is 47.9 Å². The van der Waals surface area contributed by atoms with Crippen molar-refractivity contribution in [2.45, 2.75) is 50.9 Å². The minimum absolute atomic E-state index is 0.0721. The molecule has 0 bridgehead atoms. The number of nitrogens with one attached hydrogen (secondary N) is 1. The number of pyridine rings is 1. The van der Waals surface area contributed by atoms with E-state index in [4.69, 9.17) is 15.1 Å². The van der Waals surface area contributed by atoms with Crippen molar-refractivity contribution in [2.75, 3.05) is 29.2 Å². The zero-order valence-electron chi connectivity index (χ0n) is 19.3. The Kier molecular flexibility index (Phi) is 6.33. The second-order valence-electron chi connectivity index (χ2n) is 8.87. The van der Waals surface area contributed by atoms with E-state index in [1.165, 1.54) is 13.0 Å². The van der Waals surface area contributed by atoms with Crippen LogP contribution in [0, 0.1) is 6.92 Å². The van der Waals surface area contributed by atoms with Crippen LogP contribution in [0.15, 0.2) is 40.8 Å². The number of furan rings is 1. The highest BCUT2D eigenvalue weighted by Crippen LogP contribution is 2.41. The summed E-state index contributed by atoms with van der Waals surface area (Å²) in [6.45, 7) is 1.41. The van der Waals surface area contributed by atoms with Crippen LogP contribution < -0.4 is 20.9 Å². The lowest BCUT2D eigenvalue weighted by Gasteiger charge is -2.36. The van der Waals surface area contributed by atoms with E-state index >= 15 is 0 Å². The van der Waals surface area contributed by atoms with Gasteiger partial charge in [-0.25, -0.2) is 9.78 Å². The van der Waals surface area contributed by atoms with E-state index in [0.717, 1.165) is 27.3 Å². The number of carbonyl (C=O) groups is 1.